The van der Waals surface area contributed by atoms with Gasteiger partial charge in [-0.2, -0.15) is 0 Å². The standard InChI is InChI=1S/C16H22N2O2/c19-16(15-2-1-9-20-15)18-7-5-17(6-8-18)14-11-12-3-4-13(14)10-12/h1-2,9,12-14H,3-8,10-11H2/t12-,13-,14-/m1/s1. The molecular weight excluding hydrogens is 252 g/mol. The summed E-state index contributed by atoms with van der Waals surface area (Å²) in [5.74, 6) is 2.45. The van der Waals surface area contributed by atoms with Gasteiger partial charge in [0, 0.05) is 32.2 Å². The smallest absolute Gasteiger partial charge is 0.289 e. The van der Waals surface area contributed by atoms with Crippen LogP contribution in [-0.2, 0) is 0 Å². The molecule has 4 nitrogen and oxygen atoms in total. The Bertz CT molecular complexity index is 477. The van der Waals surface area contributed by atoms with E-state index in [-0.39, 0.29) is 5.91 Å². The lowest BCUT2D eigenvalue weighted by molar-refractivity contribution is 0.0471. The molecule has 2 bridgehead atoms. The molecule has 4 rings (SSSR count). The fraction of sp³-hybridized carbons (Fsp3) is 0.688. The first kappa shape index (κ1) is 12.5. The van der Waals surface area contributed by atoms with Gasteiger partial charge >= 0.3 is 0 Å². The zero-order valence-corrected chi connectivity index (χ0v) is 11.8. The predicted molar refractivity (Wildman–Crippen MR) is 75.4 cm³/mol. The van der Waals surface area contributed by atoms with Crippen LogP contribution in [0.1, 0.15) is 36.2 Å². The van der Waals surface area contributed by atoms with Gasteiger partial charge in [0.15, 0.2) is 5.76 Å². The SMILES string of the molecule is O=C(c1ccco1)N1CCN([C@@H]2C[C@@H]3CC[C@@H]2C3)CC1. The van der Waals surface area contributed by atoms with Crippen LogP contribution in [0.25, 0.3) is 0 Å². The van der Waals surface area contributed by atoms with Crippen molar-refractivity contribution in [3.05, 3.63) is 24.2 Å². The molecule has 1 saturated heterocycles. The van der Waals surface area contributed by atoms with Gasteiger partial charge in [-0.15, -0.1) is 0 Å². The van der Waals surface area contributed by atoms with Crippen molar-refractivity contribution in [1.82, 2.24) is 9.80 Å². The van der Waals surface area contributed by atoms with Crippen LogP contribution in [0.5, 0.6) is 0 Å². The molecule has 3 atom stereocenters. The van der Waals surface area contributed by atoms with Gasteiger partial charge in [-0.1, -0.05) is 6.42 Å². The van der Waals surface area contributed by atoms with Crippen LogP contribution in [-0.4, -0.2) is 47.9 Å². The second-order valence-electron chi connectivity index (χ2n) is 6.55. The molecule has 4 heteroatoms. The Morgan fingerprint density at radius 2 is 2.00 bits per heavy atom. The van der Waals surface area contributed by atoms with E-state index in [0.29, 0.717) is 5.76 Å². The molecule has 3 aliphatic rings. The summed E-state index contributed by atoms with van der Waals surface area (Å²) in [4.78, 5) is 16.8. The number of carbonyl (C=O) groups excluding carboxylic acids is 1. The first-order valence-corrected chi connectivity index (χ1v) is 7.88. The summed E-state index contributed by atoms with van der Waals surface area (Å²) in [6.45, 7) is 3.74. The van der Waals surface area contributed by atoms with E-state index >= 15 is 0 Å². The quantitative estimate of drug-likeness (QED) is 0.830. The molecule has 1 aromatic heterocycles. The lowest BCUT2D eigenvalue weighted by atomic mass is 9.93. The van der Waals surface area contributed by atoms with Gasteiger partial charge in [-0.3, -0.25) is 9.69 Å². The van der Waals surface area contributed by atoms with Crippen molar-refractivity contribution in [3.8, 4) is 0 Å². The molecule has 2 saturated carbocycles. The van der Waals surface area contributed by atoms with Gasteiger partial charge in [0.25, 0.3) is 5.91 Å². The Morgan fingerprint density at radius 1 is 1.15 bits per heavy atom. The first-order valence-electron chi connectivity index (χ1n) is 7.88. The molecule has 3 fully saturated rings. The summed E-state index contributed by atoms with van der Waals surface area (Å²) in [5.41, 5.74) is 0. The highest BCUT2D eigenvalue weighted by Crippen LogP contribution is 2.46. The topological polar surface area (TPSA) is 36.7 Å². The number of piperazine rings is 1. The Hall–Kier alpha value is -1.29. The van der Waals surface area contributed by atoms with Crippen LogP contribution in [0.3, 0.4) is 0 Å². The summed E-state index contributed by atoms with van der Waals surface area (Å²) in [5, 5.41) is 0. The van der Waals surface area contributed by atoms with E-state index in [9.17, 15) is 4.79 Å². The normalized spacial score (nSPS) is 33.8. The number of nitrogens with zero attached hydrogens (tertiary/aromatic N) is 2. The molecule has 1 amide bonds. The minimum atomic E-state index is 0.0441. The van der Waals surface area contributed by atoms with E-state index in [1.165, 1.54) is 25.7 Å². The largest absolute Gasteiger partial charge is 0.459 e. The number of hydrogen-bond acceptors (Lipinski definition) is 3. The molecule has 2 aliphatic carbocycles. The van der Waals surface area contributed by atoms with Crippen molar-refractivity contribution in [2.45, 2.75) is 31.7 Å². The number of furan rings is 1. The minimum Gasteiger partial charge on any atom is -0.459 e. The second kappa shape index (κ2) is 4.92. The molecular formula is C16H22N2O2. The van der Waals surface area contributed by atoms with E-state index in [1.54, 1.807) is 18.4 Å². The minimum absolute atomic E-state index is 0.0441. The molecule has 108 valence electrons. The van der Waals surface area contributed by atoms with E-state index in [0.717, 1.165) is 44.1 Å². The van der Waals surface area contributed by atoms with E-state index < -0.39 is 0 Å². The van der Waals surface area contributed by atoms with Crippen LogP contribution in [0.15, 0.2) is 22.8 Å². The van der Waals surface area contributed by atoms with Crippen LogP contribution >= 0.6 is 0 Å². The molecule has 0 aromatic carbocycles. The summed E-state index contributed by atoms with van der Waals surface area (Å²) >= 11 is 0. The zero-order chi connectivity index (χ0) is 13.5. The van der Waals surface area contributed by atoms with Crippen molar-refractivity contribution in [3.63, 3.8) is 0 Å². The van der Waals surface area contributed by atoms with E-state index in [4.69, 9.17) is 4.42 Å². The summed E-state index contributed by atoms with van der Waals surface area (Å²) < 4.78 is 5.21. The van der Waals surface area contributed by atoms with Gasteiger partial charge in [0.2, 0.25) is 0 Å². The van der Waals surface area contributed by atoms with E-state index in [2.05, 4.69) is 4.90 Å². The van der Waals surface area contributed by atoms with Gasteiger partial charge in [0.1, 0.15) is 0 Å². The second-order valence-corrected chi connectivity index (χ2v) is 6.55. The highest BCUT2D eigenvalue weighted by Gasteiger charge is 2.43. The number of fused-ring (bicyclic) bond motifs is 2. The molecule has 0 spiro atoms. The highest BCUT2D eigenvalue weighted by atomic mass is 16.3. The number of amides is 1. The average molecular weight is 274 g/mol. The molecule has 2 heterocycles. The van der Waals surface area contributed by atoms with Crippen LogP contribution < -0.4 is 0 Å². The Kier molecular flexibility index (Phi) is 3.06. The molecule has 0 unspecified atom stereocenters. The molecule has 0 N–H and O–H groups in total. The Balaban J connectivity index is 1.35. The molecule has 0 radical (unpaired) electrons. The summed E-state index contributed by atoms with van der Waals surface area (Å²) in [6, 6.07) is 4.33. The number of carbonyl (C=O) groups is 1. The third-order valence-corrected chi connectivity index (χ3v) is 5.50. The highest BCUT2D eigenvalue weighted by molar-refractivity contribution is 5.91. The average Bonchev–Trinajstić information content (AvgIpc) is 3.23. The van der Waals surface area contributed by atoms with Crippen LogP contribution in [0, 0.1) is 11.8 Å². The van der Waals surface area contributed by atoms with Gasteiger partial charge in [0.05, 0.1) is 6.26 Å². The van der Waals surface area contributed by atoms with Gasteiger partial charge in [-0.05, 0) is 43.2 Å². The summed E-state index contributed by atoms with van der Waals surface area (Å²) in [6.07, 6.45) is 7.31. The Labute approximate surface area is 119 Å². The van der Waals surface area contributed by atoms with Gasteiger partial charge in [-0.25, -0.2) is 0 Å². The molecule has 1 aromatic rings. The lowest BCUT2D eigenvalue weighted by Gasteiger charge is -2.40. The van der Waals surface area contributed by atoms with Crippen molar-refractivity contribution in [2.75, 3.05) is 26.2 Å². The van der Waals surface area contributed by atoms with E-state index in [1.807, 2.05) is 4.90 Å². The fourth-order valence-electron chi connectivity index (χ4n) is 4.47. The third kappa shape index (κ3) is 2.06. The molecule has 20 heavy (non-hydrogen) atoms. The zero-order valence-electron chi connectivity index (χ0n) is 11.8. The summed E-state index contributed by atoms with van der Waals surface area (Å²) in [7, 11) is 0. The maximum atomic E-state index is 12.2. The van der Waals surface area contributed by atoms with Crippen molar-refractivity contribution < 1.29 is 9.21 Å². The monoisotopic (exact) mass is 274 g/mol. The fourth-order valence-corrected chi connectivity index (χ4v) is 4.47. The maximum absolute atomic E-state index is 12.2. The number of hydrogen-bond donors (Lipinski definition) is 0. The number of rotatable bonds is 2. The van der Waals surface area contributed by atoms with Gasteiger partial charge < -0.3 is 9.32 Å². The lowest BCUT2D eigenvalue weighted by Crippen LogP contribution is -2.53. The van der Waals surface area contributed by atoms with Crippen LogP contribution in [0.4, 0.5) is 0 Å². The van der Waals surface area contributed by atoms with Crippen LogP contribution in [0.2, 0.25) is 0 Å². The Morgan fingerprint density at radius 3 is 2.60 bits per heavy atom. The van der Waals surface area contributed by atoms with Crippen molar-refractivity contribution in [1.29, 1.82) is 0 Å². The first-order chi connectivity index (χ1) is 9.81. The predicted octanol–water partition coefficient (Wildman–Crippen LogP) is 2.23. The van der Waals surface area contributed by atoms with Crippen molar-refractivity contribution >= 4 is 5.91 Å². The molecule has 1 aliphatic heterocycles. The third-order valence-electron chi connectivity index (χ3n) is 5.50. The maximum Gasteiger partial charge on any atom is 0.289 e. The van der Waals surface area contributed by atoms with Crippen molar-refractivity contribution in [2.24, 2.45) is 11.8 Å².